The summed E-state index contributed by atoms with van der Waals surface area (Å²) in [7, 11) is 1.88. The van der Waals surface area contributed by atoms with Crippen LogP contribution in [0.3, 0.4) is 0 Å². The Morgan fingerprint density at radius 3 is 2.24 bits per heavy atom. The summed E-state index contributed by atoms with van der Waals surface area (Å²) in [5, 5.41) is 5.79. The lowest BCUT2D eigenvalue weighted by molar-refractivity contribution is -0.118. The van der Waals surface area contributed by atoms with Crippen LogP contribution in [0.5, 0.6) is 0 Å². The molecule has 0 spiro atoms. The molecule has 182 valence electrons. The molecule has 1 fully saturated rings. The molecule has 2 N–H and O–H groups in total. The van der Waals surface area contributed by atoms with Gasteiger partial charge in [-0.1, -0.05) is 51.3 Å². The third kappa shape index (κ3) is 6.69. The van der Waals surface area contributed by atoms with Crippen molar-refractivity contribution in [1.82, 2.24) is 10.2 Å². The van der Waals surface area contributed by atoms with E-state index in [1.807, 2.05) is 50.9 Å². The molecule has 2 aromatic rings. The number of benzene rings is 2. The topological polar surface area (TPSA) is 78.5 Å². The van der Waals surface area contributed by atoms with Gasteiger partial charge in [-0.05, 0) is 68.0 Å². The summed E-state index contributed by atoms with van der Waals surface area (Å²) in [6.45, 7) is 5.91. The lowest BCUT2D eigenvalue weighted by Gasteiger charge is -2.31. The number of nitrogens with one attached hydrogen (secondary N) is 2. The van der Waals surface area contributed by atoms with Crippen molar-refractivity contribution in [2.24, 2.45) is 5.92 Å². The first-order valence-electron chi connectivity index (χ1n) is 12.3. The average molecular weight is 464 g/mol. The molecule has 0 aliphatic heterocycles. The summed E-state index contributed by atoms with van der Waals surface area (Å²) < 4.78 is 0. The summed E-state index contributed by atoms with van der Waals surface area (Å²) in [4.78, 5) is 40.6. The number of carbonyl (C=O) groups excluding carboxylic acids is 3. The minimum absolute atomic E-state index is 0.00737. The van der Waals surface area contributed by atoms with Gasteiger partial charge in [0.1, 0.15) is 6.04 Å². The Morgan fingerprint density at radius 2 is 1.62 bits per heavy atom. The van der Waals surface area contributed by atoms with Crippen LogP contribution in [-0.2, 0) is 4.79 Å². The van der Waals surface area contributed by atoms with Gasteiger partial charge in [0.25, 0.3) is 11.8 Å². The van der Waals surface area contributed by atoms with E-state index in [9.17, 15) is 14.4 Å². The van der Waals surface area contributed by atoms with Gasteiger partial charge < -0.3 is 15.5 Å². The van der Waals surface area contributed by atoms with Crippen LogP contribution in [-0.4, -0.2) is 41.8 Å². The van der Waals surface area contributed by atoms with E-state index in [1.54, 1.807) is 30.3 Å². The van der Waals surface area contributed by atoms with Gasteiger partial charge in [-0.2, -0.15) is 0 Å². The number of aryl methyl sites for hydroxylation is 1. The van der Waals surface area contributed by atoms with Crippen molar-refractivity contribution >= 4 is 23.4 Å². The van der Waals surface area contributed by atoms with Crippen LogP contribution >= 0.6 is 0 Å². The number of anilines is 1. The highest BCUT2D eigenvalue weighted by atomic mass is 16.2. The standard InChI is InChI=1S/C28H37N3O3/c1-19(2)18-25(30-26(32)24-13-9-8-10-20(24)3)27(33)29-22-16-14-21(15-17-22)28(34)31(4)23-11-6-5-7-12-23/h8-10,13-17,19,23,25H,5-7,11-12,18H2,1-4H3,(H,29,33)(H,30,32). The van der Waals surface area contributed by atoms with Crippen LogP contribution in [0.2, 0.25) is 0 Å². The molecule has 2 aromatic carbocycles. The Kier molecular flexibility index (Phi) is 8.85. The number of carbonyl (C=O) groups is 3. The van der Waals surface area contributed by atoms with Crippen LogP contribution in [0.25, 0.3) is 0 Å². The van der Waals surface area contributed by atoms with E-state index in [1.165, 1.54) is 19.3 Å². The van der Waals surface area contributed by atoms with Gasteiger partial charge in [0, 0.05) is 29.9 Å². The Morgan fingerprint density at radius 1 is 0.971 bits per heavy atom. The minimum Gasteiger partial charge on any atom is -0.340 e. The number of rotatable bonds is 8. The van der Waals surface area contributed by atoms with Gasteiger partial charge in [-0.25, -0.2) is 0 Å². The molecule has 6 heteroatoms. The third-order valence-electron chi connectivity index (χ3n) is 6.56. The molecule has 0 aromatic heterocycles. The fraction of sp³-hybridized carbons (Fsp3) is 0.464. The molecule has 6 nitrogen and oxygen atoms in total. The molecule has 0 radical (unpaired) electrons. The molecular weight excluding hydrogens is 426 g/mol. The molecule has 0 saturated heterocycles. The number of hydrogen-bond donors (Lipinski definition) is 2. The zero-order valence-electron chi connectivity index (χ0n) is 20.8. The first-order chi connectivity index (χ1) is 16.3. The van der Waals surface area contributed by atoms with E-state index in [2.05, 4.69) is 10.6 Å². The SMILES string of the molecule is Cc1ccccc1C(=O)NC(CC(C)C)C(=O)Nc1ccc(C(=O)N(C)C2CCCCC2)cc1. The smallest absolute Gasteiger partial charge is 0.253 e. The summed E-state index contributed by atoms with van der Waals surface area (Å²) in [5.74, 6) is -0.296. The molecule has 1 saturated carbocycles. The third-order valence-corrected chi connectivity index (χ3v) is 6.56. The molecule has 0 heterocycles. The van der Waals surface area contributed by atoms with Gasteiger partial charge in [-0.3, -0.25) is 14.4 Å². The lowest BCUT2D eigenvalue weighted by Crippen LogP contribution is -2.44. The highest BCUT2D eigenvalue weighted by molar-refractivity contribution is 6.02. The summed E-state index contributed by atoms with van der Waals surface area (Å²) in [5.41, 5.74) is 2.63. The quantitative estimate of drug-likeness (QED) is 0.566. The maximum absolute atomic E-state index is 13.0. The van der Waals surface area contributed by atoms with Crippen LogP contribution in [0, 0.1) is 12.8 Å². The molecule has 3 amide bonds. The monoisotopic (exact) mass is 463 g/mol. The van der Waals surface area contributed by atoms with Crippen molar-refractivity contribution in [1.29, 1.82) is 0 Å². The second-order valence-electron chi connectivity index (χ2n) is 9.75. The molecule has 1 aliphatic rings. The van der Waals surface area contributed by atoms with E-state index < -0.39 is 6.04 Å². The molecule has 34 heavy (non-hydrogen) atoms. The Hall–Kier alpha value is -3.15. The molecule has 3 rings (SSSR count). The van der Waals surface area contributed by atoms with Gasteiger partial charge in [-0.15, -0.1) is 0 Å². The highest BCUT2D eigenvalue weighted by Gasteiger charge is 2.25. The van der Waals surface area contributed by atoms with Crippen molar-refractivity contribution in [2.45, 2.75) is 71.4 Å². The second-order valence-corrected chi connectivity index (χ2v) is 9.75. The first-order valence-corrected chi connectivity index (χ1v) is 12.3. The number of amides is 3. The molecular formula is C28H37N3O3. The predicted molar refractivity (Wildman–Crippen MR) is 136 cm³/mol. The van der Waals surface area contributed by atoms with Crippen molar-refractivity contribution < 1.29 is 14.4 Å². The fourth-order valence-electron chi connectivity index (χ4n) is 4.53. The van der Waals surface area contributed by atoms with Gasteiger partial charge in [0.05, 0.1) is 0 Å². The van der Waals surface area contributed by atoms with E-state index in [-0.39, 0.29) is 23.6 Å². The lowest BCUT2D eigenvalue weighted by atomic mass is 9.94. The van der Waals surface area contributed by atoms with E-state index >= 15 is 0 Å². The zero-order chi connectivity index (χ0) is 24.7. The van der Waals surface area contributed by atoms with E-state index in [0.29, 0.717) is 29.3 Å². The number of nitrogens with zero attached hydrogens (tertiary/aromatic N) is 1. The Bertz CT molecular complexity index is 994. The van der Waals surface area contributed by atoms with Crippen LogP contribution in [0.1, 0.15) is 78.7 Å². The van der Waals surface area contributed by atoms with E-state index in [4.69, 9.17) is 0 Å². The van der Waals surface area contributed by atoms with Gasteiger partial charge >= 0.3 is 0 Å². The first kappa shape index (κ1) is 25.5. The summed E-state index contributed by atoms with van der Waals surface area (Å²) in [6, 6.07) is 14.0. The van der Waals surface area contributed by atoms with Crippen LogP contribution < -0.4 is 10.6 Å². The predicted octanol–water partition coefficient (Wildman–Crippen LogP) is 5.18. The van der Waals surface area contributed by atoms with Crippen LogP contribution in [0.4, 0.5) is 5.69 Å². The van der Waals surface area contributed by atoms with Crippen molar-refractivity contribution in [3.63, 3.8) is 0 Å². The number of hydrogen-bond acceptors (Lipinski definition) is 3. The summed E-state index contributed by atoms with van der Waals surface area (Å²) in [6.07, 6.45) is 6.22. The minimum atomic E-state index is -0.661. The summed E-state index contributed by atoms with van der Waals surface area (Å²) >= 11 is 0. The largest absolute Gasteiger partial charge is 0.340 e. The fourth-order valence-corrected chi connectivity index (χ4v) is 4.53. The zero-order valence-corrected chi connectivity index (χ0v) is 20.8. The van der Waals surface area contributed by atoms with E-state index in [0.717, 1.165) is 18.4 Å². The molecule has 1 aliphatic carbocycles. The maximum atomic E-state index is 13.0. The van der Waals surface area contributed by atoms with Crippen molar-refractivity contribution in [2.75, 3.05) is 12.4 Å². The molecule has 1 unspecified atom stereocenters. The second kappa shape index (κ2) is 11.8. The van der Waals surface area contributed by atoms with Crippen molar-refractivity contribution in [3.05, 3.63) is 65.2 Å². The Labute approximate surface area is 203 Å². The Balaban J connectivity index is 1.65. The normalized spacial score (nSPS) is 15.0. The maximum Gasteiger partial charge on any atom is 0.253 e. The molecule has 1 atom stereocenters. The van der Waals surface area contributed by atoms with Gasteiger partial charge in [0.15, 0.2) is 0 Å². The van der Waals surface area contributed by atoms with Crippen LogP contribution in [0.15, 0.2) is 48.5 Å². The molecule has 0 bridgehead atoms. The average Bonchev–Trinajstić information content (AvgIpc) is 2.83. The van der Waals surface area contributed by atoms with Gasteiger partial charge in [0.2, 0.25) is 5.91 Å². The highest BCUT2D eigenvalue weighted by Crippen LogP contribution is 2.23. The van der Waals surface area contributed by atoms with Crippen molar-refractivity contribution in [3.8, 4) is 0 Å².